The Labute approximate surface area is 164 Å². The minimum absolute atomic E-state index is 0.00674. The Bertz CT molecular complexity index is 1150. The predicted octanol–water partition coefficient (Wildman–Crippen LogP) is 4.33. The van der Waals surface area contributed by atoms with E-state index in [1.165, 1.54) is 17.8 Å². The minimum Gasteiger partial charge on any atom is -0.493 e. The molecule has 0 fully saturated rings. The lowest BCUT2D eigenvalue weighted by Crippen LogP contribution is -1.94. The summed E-state index contributed by atoms with van der Waals surface area (Å²) in [7, 11) is 3.16. The van der Waals surface area contributed by atoms with E-state index in [9.17, 15) is 10.1 Å². The molecule has 9 heteroatoms. The number of ether oxygens (including phenoxy) is 2. The van der Waals surface area contributed by atoms with Gasteiger partial charge in [0.15, 0.2) is 16.7 Å². The molecular formula is C19H16N4O4S. The summed E-state index contributed by atoms with van der Waals surface area (Å²) in [6.45, 7) is 0. The van der Waals surface area contributed by atoms with Gasteiger partial charge in [-0.15, -0.1) is 0 Å². The lowest BCUT2D eigenvalue weighted by molar-refractivity contribution is -0.383. The number of benzene rings is 2. The average Bonchev–Trinajstić information content (AvgIpc) is 3.12. The molecule has 0 saturated carbocycles. The Morgan fingerprint density at radius 2 is 1.89 bits per heavy atom. The standard InChI is InChI=1S/C19H16N4O4S/c1-26-16-8-13-14(9-17(16)27-2)22-19(21-13)28-10-12-7-6-11-4-3-5-15(23(24)25)18(11)20-12/h3-9H,10H2,1-2H3,(H,21,22). The Morgan fingerprint density at radius 1 is 1.11 bits per heavy atom. The van der Waals surface area contributed by atoms with Crippen molar-refractivity contribution < 1.29 is 14.4 Å². The number of hydrogen-bond donors (Lipinski definition) is 1. The average molecular weight is 396 g/mol. The van der Waals surface area contributed by atoms with E-state index in [-0.39, 0.29) is 5.69 Å². The third kappa shape index (κ3) is 3.31. The van der Waals surface area contributed by atoms with E-state index in [4.69, 9.17) is 9.47 Å². The number of imidazole rings is 1. The summed E-state index contributed by atoms with van der Waals surface area (Å²) in [5, 5.41) is 12.7. The molecule has 2 heterocycles. The largest absolute Gasteiger partial charge is 0.493 e. The number of hydrogen-bond acceptors (Lipinski definition) is 7. The normalized spacial score (nSPS) is 11.1. The lowest BCUT2D eigenvalue weighted by Gasteiger charge is -2.06. The highest BCUT2D eigenvalue weighted by molar-refractivity contribution is 7.98. The third-order valence-electron chi connectivity index (χ3n) is 4.28. The van der Waals surface area contributed by atoms with E-state index in [0.717, 1.165) is 27.3 Å². The minimum atomic E-state index is -0.410. The quantitative estimate of drug-likeness (QED) is 0.294. The molecule has 0 aliphatic heterocycles. The van der Waals surface area contributed by atoms with E-state index >= 15 is 0 Å². The van der Waals surface area contributed by atoms with Crippen molar-refractivity contribution in [3.8, 4) is 11.5 Å². The van der Waals surface area contributed by atoms with E-state index in [0.29, 0.717) is 22.8 Å². The number of nitro benzene ring substituents is 1. The molecule has 1 N–H and O–H groups in total. The van der Waals surface area contributed by atoms with Crippen molar-refractivity contribution in [2.75, 3.05) is 14.2 Å². The summed E-state index contributed by atoms with van der Waals surface area (Å²) in [5.74, 6) is 1.76. The van der Waals surface area contributed by atoms with Gasteiger partial charge in [-0.2, -0.15) is 0 Å². The highest BCUT2D eigenvalue weighted by Gasteiger charge is 2.14. The summed E-state index contributed by atoms with van der Waals surface area (Å²) in [6, 6.07) is 12.3. The zero-order valence-corrected chi connectivity index (χ0v) is 15.9. The van der Waals surface area contributed by atoms with Crippen LogP contribution in [0.4, 0.5) is 5.69 Å². The zero-order chi connectivity index (χ0) is 19.7. The van der Waals surface area contributed by atoms with Crippen molar-refractivity contribution in [3.05, 3.63) is 58.3 Å². The van der Waals surface area contributed by atoms with Crippen LogP contribution in [0.3, 0.4) is 0 Å². The molecule has 0 saturated heterocycles. The SMILES string of the molecule is COc1cc2nc(SCc3ccc4cccc([N+](=O)[O-])c4n3)[nH]c2cc1OC. The number of rotatable bonds is 6. The fourth-order valence-corrected chi connectivity index (χ4v) is 3.71. The van der Waals surface area contributed by atoms with Crippen LogP contribution in [0.2, 0.25) is 0 Å². The van der Waals surface area contributed by atoms with Crippen LogP contribution in [0.25, 0.3) is 21.9 Å². The smallest absolute Gasteiger partial charge is 0.295 e. The fraction of sp³-hybridized carbons (Fsp3) is 0.158. The van der Waals surface area contributed by atoms with Gasteiger partial charge < -0.3 is 14.5 Å². The highest BCUT2D eigenvalue weighted by Crippen LogP contribution is 2.33. The van der Waals surface area contributed by atoms with E-state index in [1.807, 2.05) is 30.3 Å². The van der Waals surface area contributed by atoms with Crippen molar-refractivity contribution in [1.29, 1.82) is 0 Å². The first kappa shape index (κ1) is 18.1. The van der Waals surface area contributed by atoms with Crippen LogP contribution in [0.5, 0.6) is 11.5 Å². The van der Waals surface area contributed by atoms with Gasteiger partial charge >= 0.3 is 0 Å². The van der Waals surface area contributed by atoms with E-state index in [2.05, 4.69) is 15.0 Å². The van der Waals surface area contributed by atoms with E-state index in [1.54, 1.807) is 20.3 Å². The van der Waals surface area contributed by atoms with Crippen LogP contribution >= 0.6 is 11.8 Å². The molecule has 0 radical (unpaired) electrons. The molecule has 4 rings (SSSR count). The van der Waals surface area contributed by atoms with Gasteiger partial charge in [-0.05, 0) is 6.07 Å². The number of aromatic nitrogens is 3. The van der Waals surface area contributed by atoms with Gasteiger partial charge in [-0.25, -0.2) is 9.97 Å². The summed E-state index contributed by atoms with van der Waals surface area (Å²) in [5.41, 5.74) is 2.74. The highest BCUT2D eigenvalue weighted by atomic mass is 32.2. The zero-order valence-electron chi connectivity index (χ0n) is 15.1. The molecule has 2 aromatic carbocycles. The second kappa shape index (κ2) is 7.35. The number of methoxy groups -OCH3 is 2. The number of nitrogens with zero attached hydrogens (tertiary/aromatic N) is 3. The fourth-order valence-electron chi connectivity index (χ4n) is 2.92. The van der Waals surface area contributed by atoms with Gasteiger partial charge in [-0.1, -0.05) is 30.0 Å². The number of fused-ring (bicyclic) bond motifs is 2. The van der Waals surface area contributed by atoms with Crippen LogP contribution in [-0.2, 0) is 5.75 Å². The number of nitro groups is 1. The molecule has 0 atom stereocenters. The number of nitrogens with one attached hydrogen (secondary N) is 1. The van der Waals surface area contributed by atoms with Gasteiger partial charge in [0.05, 0.1) is 35.9 Å². The molecular weight excluding hydrogens is 380 g/mol. The van der Waals surface area contributed by atoms with Crippen LogP contribution < -0.4 is 9.47 Å². The molecule has 0 amide bonds. The summed E-state index contributed by atoms with van der Waals surface area (Å²) in [4.78, 5) is 23.1. The number of pyridine rings is 1. The maximum atomic E-state index is 11.2. The van der Waals surface area contributed by atoms with Crippen LogP contribution in [0, 0.1) is 10.1 Å². The summed E-state index contributed by atoms with van der Waals surface area (Å²) in [6.07, 6.45) is 0. The van der Waals surface area contributed by atoms with Crippen LogP contribution in [0.1, 0.15) is 5.69 Å². The van der Waals surface area contributed by atoms with Crippen molar-refractivity contribution in [1.82, 2.24) is 15.0 Å². The number of para-hydroxylation sites is 1. The van der Waals surface area contributed by atoms with Gasteiger partial charge in [0.1, 0.15) is 5.52 Å². The lowest BCUT2D eigenvalue weighted by atomic mass is 10.2. The molecule has 2 aromatic heterocycles. The Kier molecular flexibility index (Phi) is 4.74. The Morgan fingerprint density at radius 3 is 2.64 bits per heavy atom. The molecule has 0 bridgehead atoms. The topological polar surface area (TPSA) is 103 Å². The first-order valence-corrected chi connectivity index (χ1v) is 9.35. The van der Waals surface area contributed by atoms with E-state index < -0.39 is 4.92 Å². The van der Waals surface area contributed by atoms with Crippen LogP contribution in [0.15, 0.2) is 47.6 Å². The molecule has 0 spiro atoms. The molecule has 142 valence electrons. The predicted molar refractivity (Wildman–Crippen MR) is 107 cm³/mol. The molecule has 0 aliphatic rings. The second-order valence-electron chi connectivity index (χ2n) is 5.96. The number of thioether (sulfide) groups is 1. The number of aromatic amines is 1. The van der Waals surface area contributed by atoms with Crippen LogP contribution in [-0.4, -0.2) is 34.1 Å². The van der Waals surface area contributed by atoms with Gasteiger partial charge in [0.25, 0.3) is 5.69 Å². The maximum Gasteiger partial charge on any atom is 0.295 e. The number of H-pyrrole nitrogens is 1. The first-order chi connectivity index (χ1) is 13.6. The summed E-state index contributed by atoms with van der Waals surface area (Å²) < 4.78 is 10.6. The van der Waals surface area contributed by atoms with Crippen molar-refractivity contribution in [2.24, 2.45) is 0 Å². The molecule has 8 nitrogen and oxygen atoms in total. The molecule has 0 unspecified atom stereocenters. The van der Waals surface area contributed by atoms with Gasteiger partial charge in [0.2, 0.25) is 0 Å². The third-order valence-corrected chi connectivity index (χ3v) is 5.18. The van der Waals surface area contributed by atoms with Gasteiger partial charge in [-0.3, -0.25) is 10.1 Å². The maximum absolute atomic E-state index is 11.2. The first-order valence-electron chi connectivity index (χ1n) is 8.36. The van der Waals surface area contributed by atoms with Crippen molar-refractivity contribution in [3.63, 3.8) is 0 Å². The Balaban J connectivity index is 1.60. The molecule has 28 heavy (non-hydrogen) atoms. The molecule has 0 aliphatic carbocycles. The van der Waals surface area contributed by atoms with Crippen molar-refractivity contribution in [2.45, 2.75) is 10.9 Å². The monoisotopic (exact) mass is 396 g/mol. The second-order valence-corrected chi connectivity index (χ2v) is 6.93. The number of non-ortho nitro benzene ring substituents is 1. The summed E-state index contributed by atoms with van der Waals surface area (Å²) >= 11 is 1.47. The van der Waals surface area contributed by atoms with Crippen molar-refractivity contribution >= 4 is 39.4 Å². The Hall–Kier alpha value is -3.33. The molecule has 4 aromatic rings. The van der Waals surface area contributed by atoms with Gasteiger partial charge in [0, 0.05) is 29.3 Å².